The van der Waals surface area contributed by atoms with Crippen molar-refractivity contribution in [3.63, 3.8) is 0 Å². The predicted octanol–water partition coefficient (Wildman–Crippen LogP) is 8.21. The molecule has 0 N–H and O–H groups in total. The Morgan fingerprint density at radius 2 is 1.30 bits per heavy atom. The standard InChI is InChI=1S/C36H40N4O4/c1-7-37(8-2)29-19-15-27(16-20-29)36(28-17-21-30(22-18-28)38(9-3)10-4)33-23-14-25(5)26(6)34(33)44-35(41)39(36)31-12-11-13-32(24-31)40(42)43/h11-24H,7-10H2,1-6H3. The Labute approximate surface area is 259 Å². The molecule has 0 saturated carbocycles. The van der Waals surface area contributed by atoms with Gasteiger partial charge in [-0.3, -0.25) is 15.0 Å². The van der Waals surface area contributed by atoms with Crippen molar-refractivity contribution in [2.24, 2.45) is 0 Å². The van der Waals surface area contributed by atoms with Crippen LogP contribution < -0.4 is 19.4 Å². The van der Waals surface area contributed by atoms with Crippen molar-refractivity contribution in [3.05, 3.63) is 123 Å². The number of hydrogen-bond acceptors (Lipinski definition) is 6. The summed E-state index contributed by atoms with van der Waals surface area (Å²) in [5.41, 5.74) is 5.57. The summed E-state index contributed by atoms with van der Waals surface area (Å²) >= 11 is 0. The van der Waals surface area contributed by atoms with Gasteiger partial charge in [-0.05, 0) is 94.1 Å². The summed E-state index contributed by atoms with van der Waals surface area (Å²) in [6.45, 7) is 15.9. The summed E-state index contributed by atoms with van der Waals surface area (Å²) in [6, 6.07) is 26.9. The predicted molar refractivity (Wildman–Crippen MR) is 177 cm³/mol. The Kier molecular flexibility index (Phi) is 8.63. The number of carbonyl (C=O) groups excluding carboxylic acids is 1. The maximum Gasteiger partial charge on any atom is 0.421 e. The van der Waals surface area contributed by atoms with Gasteiger partial charge in [0.1, 0.15) is 11.3 Å². The molecule has 1 aliphatic rings. The third kappa shape index (κ3) is 5.04. The summed E-state index contributed by atoms with van der Waals surface area (Å²) in [7, 11) is 0. The number of amides is 1. The summed E-state index contributed by atoms with van der Waals surface area (Å²) in [4.78, 5) is 31.9. The molecule has 228 valence electrons. The average molecular weight is 593 g/mol. The molecule has 0 unspecified atom stereocenters. The van der Waals surface area contributed by atoms with Gasteiger partial charge in [0.2, 0.25) is 0 Å². The van der Waals surface area contributed by atoms with Crippen LogP contribution in [-0.4, -0.2) is 37.2 Å². The van der Waals surface area contributed by atoms with Crippen molar-refractivity contribution in [2.45, 2.75) is 47.1 Å². The van der Waals surface area contributed by atoms with Gasteiger partial charge in [-0.1, -0.05) is 42.5 Å². The smallest absolute Gasteiger partial charge is 0.409 e. The topological polar surface area (TPSA) is 79.2 Å². The van der Waals surface area contributed by atoms with Crippen LogP contribution in [0.1, 0.15) is 55.5 Å². The molecule has 4 aromatic rings. The Bertz CT molecular complexity index is 1600. The second-order valence-corrected chi connectivity index (χ2v) is 11.0. The second kappa shape index (κ2) is 12.4. The van der Waals surface area contributed by atoms with E-state index >= 15 is 0 Å². The van der Waals surface area contributed by atoms with Gasteiger partial charge in [-0.2, -0.15) is 0 Å². The molecule has 0 atom stereocenters. The number of anilines is 3. The normalized spacial score (nSPS) is 13.7. The van der Waals surface area contributed by atoms with Crippen LogP contribution in [-0.2, 0) is 5.54 Å². The first-order chi connectivity index (χ1) is 21.2. The molecule has 0 spiro atoms. The number of nitro groups is 1. The van der Waals surface area contributed by atoms with Gasteiger partial charge in [0.15, 0.2) is 0 Å². The van der Waals surface area contributed by atoms with E-state index in [1.807, 2.05) is 26.0 Å². The molecule has 1 heterocycles. The van der Waals surface area contributed by atoms with Crippen molar-refractivity contribution in [2.75, 3.05) is 40.9 Å². The number of aryl methyl sites for hydroxylation is 1. The number of ether oxygens (including phenoxy) is 1. The molecule has 0 aromatic heterocycles. The number of fused-ring (bicyclic) bond motifs is 1. The van der Waals surface area contributed by atoms with Gasteiger partial charge in [-0.25, -0.2) is 4.79 Å². The number of nitrogens with zero attached hydrogens (tertiary/aromatic N) is 4. The third-order valence-electron chi connectivity index (χ3n) is 8.90. The Balaban J connectivity index is 1.89. The van der Waals surface area contributed by atoms with E-state index in [9.17, 15) is 14.9 Å². The molecule has 8 heteroatoms. The van der Waals surface area contributed by atoms with Gasteiger partial charge in [0, 0.05) is 55.2 Å². The lowest BCUT2D eigenvalue weighted by Gasteiger charge is -2.48. The number of benzene rings is 4. The summed E-state index contributed by atoms with van der Waals surface area (Å²) in [5.74, 6) is 0.511. The Hall–Kier alpha value is -4.85. The maximum absolute atomic E-state index is 14.3. The van der Waals surface area contributed by atoms with Crippen molar-refractivity contribution < 1.29 is 14.5 Å². The first-order valence-corrected chi connectivity index (χ1v) is 15.3. The highest BCUT2D eigenvalue weighted by Crippen LogP contribution is 2.52. The maximum atomic E-state index is 14.3. The van der Waals surface area contributed by atoms with Crippen molar-refractivity contribution in [1.82, 2.24) is 0 Å². The monoisotopic (exact) mass is 592 g/mol. The molecule has 8 nitrogen and oxygen atoms in total. The lowest BCUT2D eigenvalue weighted by Crippen LogP contribution is -2.56. The highest BCUT2D eigenvalue weighted by Gasteiger charge is 2.52. The highest BCUT2D eigenvalue weighted by atomic mass is 16.6. The van der Waals surface area contributed by atoms with Gasteiger partial charge < -0.3 is 14.5 Å². The van der Waals surface area contributed by atoms with Crippen LogP contribution in [0.5, 0.6) is 5.75 Å². The van der Waals surface area contributed by atoms with Crippen molar-refractivity contribution >= 4 is 28.8 Å². The van der Waals surface area contributed by atoms with E-state index in [4.69, 9.17) is 4.74 Å². The van der Waals surface area contributed by atoms with Gasteiger partial charge in [0.25, 0.3) is 5.69 Å². The quantitative estimate of drug-likeness (QED) is 0.136. The molecule has 0 fully saturated rings. The van der Waals surface area contributed by atoms with E-state index in [0.29, 0.717) is 11.4 Å². The van der Waals surface area contributed by atoms with E-state index in [1.54, 1.807) is 17.0 Å². The molecule has 1 amide bonds. The Morgan fingerprint density at radius 1 is 0.773 bits per heavy atom. The third-order valence-corrected chi connectivity index (χ3v) is 8.90. The number of rotatable bonds is 10. The van der Waals surface area contributed by atoms with Gasteiger partial charge in [0.05, 0.1) is 10.6 Å². The summed E-state index contributed by atoms with van der Waals surface area (Å²) in [5, 5.41) is 11.9. The minimum atomic E-state index is -1.19. The van der Waals surface area contributed by atoms with Crippen molar-refractivity contribution in [3.8, 4) is 5.75 Å². The van der Waals surface area contributed by atoms with Gasteiger partial charge in [-0.15, -0.1) is 0 Å². The largest absolute Gasteiger partial charge is 0.421 e. The molecule has 0 bridgehead atoms. The van der Waals surface area contributed by atoms with Crippen LogP contribution in [0.25, 0.3) is 0 Å². The second-order valence-electron chi connectivity index (χ2n) is 11.0. The molecule has 0 radical (unpaired) electrons. The van der Waals surface area contributed by atoms with Crippen LogP contribution in [0.15, 0.2) is 84.9 Å². The number of hydrogen-bond donors (Lipinski definition) is 0. The number of nitro benzene ring substituents is 1. The fourth-order valence-electron chi connectivity index (χ4n) is 6.38. The SMILES string of the molecule is CCN(CC)c1ccc(C2(c3ccc(N(CC)CC)cc3)c3ccc(C)c(C)c3OC(=O)N2c2cccc([N+](=O)[O-])c2)cc1. The van der Waals surface area contributed by atoms with Crippen LogP contribution >= 0.6 is 0 Å². The van der Waals surface area contributed by atoms with Crippen LogP contribution in [0.3, 0.4) is 0 Å². The van der Waals surface area contributed by atoms with E-state index < -0.39 is 16.6 Å². The molecule has 4 aromatic carbocycles. The number of carbonyl (C=O) groups is 1. The molecule has 0 saturated heterocycles. The zero-order chi connectivity index (χ0) is 31.6. The van der Waals surface area contributed by atoms with Crippen LogP contribution in [0, 0.1) is 24.0 Å². The lowest BCUT2D eigenvalue weighted by atomic mass is 9.73. The number of non-ortho nitro benzene ring substituents is 1. The molecule has 0 aliphatic carbocycles. The minimum Gasteiger partial charge on any atom is -0.409 e. The fourth-order valence-corrected chi connectivity index (χ4v) is 6.38. The zero-order valence-corrected chi connectivity index (χ0v) is 26.3. The van der Waals surface area contributed by atoms with E-state index in [-0.39, 0.29) is 5.69 Å². The molecular formula is C36H40N4O4. The average Bonchev–Trinajstić information content (AvgIpc) is 3.04. The summed E-state index contributed by atoms with van der Waals surface area (Å²) < 4.78 is 6.10. The van der Waals surface area contributed by atoms with Crippen LogP contribution in [0.2, 0.25) is 0 Å². The van der Waals surface area contributed by atoms with E-state index in [0.717, 1.165) is 65.4 Å². The molecular weight excluding hydrogens is 552 g/mol. The molecule has 1 aliphatic heterocycles. The molecule has 44 heavy (non-hydrogen) atoms. The molecule has 5 rings (SSSR count). The van der Waals surface area contributed by atoms with Crippen LogP contribution in [0.4, 0.5) is 27.5 Å². The van der Waals surface area contributed by atoms with E-state index in [1.165, 1.54) is 12.1 Å². The highest BCUT2D eigenvalue weighted by molar-refractivity contribution is 5.97. The lowest BCUT2D eigenvalue weighted by molar-refractivity contribution is -0.384. The zero-order valence-electron chi connectivity index (χ0n) is 26.3. The first kappa shape index (κ1) is 30.6. The van der Waals surface area contributed by atoms with E-state index in [2.05, 4.69) is 86.0 Å². The first-order valence-electron chi connectivity index (χ1n) is 15.3. The minimum absolute atomic E-state index is 0.108. The fraction of sp³-hybridized carbons (Fsp3) is 0.306. The summed E-state index contributed by atoms with van der Waals surface area (Å²) in [6.07, 6.45) is -0.604. The van der Waals surface area contributed by atoms with Crippen molar-refractivity contribution in [1.29, 1.82) is 0 Å². The van der Waals surface area contributed by atoms with Gasteiger partial charge >= 0.3 is 6.09 Å². The Morgan fingerprint density at radius 3 is 1.77 bits per heavy atom.